The monoisotopic (exact) mass is 150 g/mol. The van der Waals surface area contributed by atoms with Gasteiger partial charge in [-0.2, -0.15) is 0 Å². The van der Waals surface area contributed by atoms with Crippen molar-refractivity contribution in [2.75, 3.05) is 7.05 Å². The van der Waals surface area contributed by atoms with E-state index in [1.165, 1.54) is 7.05 Å². The Morgan fingerprint density at radius 3 is 1.89 bits per heavy atom. The Kier molecular flexibility index (Phi) is 8.77. The molecule has 0 unspecified atom stereocenters. The lowest BCUT2D eigenvalue weighted by Gasteiger charge is -1.78. The Morgan fingerprint density at radius 2 is 1.89 bits per heavy atom. The van der Waals surface area contributed by atoms with Crippen LogP contribution in [0.3, 0.4) is 0 Å². The van der Waals surface area contributed by atoms with E-state index in [9.17, 15) is 4.79 Å². The summed E-state index contributed by atoms with van der Waals surface area (Å²) in [5.74, 6) is 0. The Morgan fingerprint density at radius 1 is 1.78 bits per heavy atom. The zero-order valence-electron chi connectivity index (χ0n) is 5.34. The van der Waals surface area contributed by atoms with Gasteiger partial charge in [0, 0.05) is 7.05 Å². The maximum Gasteiger partial charge on any atom is 0.404 e. The van der Waals surface area contributed by atoms with Crippen LogP contribution in [0.5, 0.6) is 0 Å². The molecule has 0 aromatic heterocycles. The van der Waals surface area contributed by atoms with Crippen molar-refractivity contribution >= 4 is 23.3 Å². The first-order valence-electron chi connectivity index (χ1n) is 2.17. The molecule has 0 saturated carbocycles. The first-order valence-corrected chi connectivity index (χ1v) is 2.58. The number of hydrogen-bond acceptors (Lipinski definition) is 2. The first-order chi connectivity index (χ1) is 4.00. The molecule has 0 saturated heterocycles. The molecule has 0 aliphatic carbocycles. The summed E-state index contributed by atoms with van der Waals surface area (Å²) >= 11 is 4.31. The summed E-state index contributed by atoms with van der Waals surface area (Å²) in [7, 11) is 1.35. The third-order valence-corrected chi connectivity index (χ3v) is 0.214. The van der Waals surface area contributed by atoms with E-state index in [1.807, 2.05) is 5.32 Å². The predicted octanol–water partition coefficient (Wildman–Crippen LogP) is 0.176. The van der Waals surface area contributed by atoms with Crippen molar-refractivity contribution in [1.82, 2.24) is 5.32 Å². The Hall–Kier alpha value is -0.840. The van der Waals surface area contributed by atoms with Gasteiger partial charge in [0.05, 0.1) is 4.99 Å². The molecule has 0 spiro atoms. The van der Waals surface area contributed by atoms with E-state index in [4.69, 9.17) is 10.8 Å². The molecule has 0 fully saturated rings. The standard InChI is InChI=1S/C2H5NO2.C2H5NS/c1-3-2(4)5;1-2(3)4/h3H,1H3,(H,4,5);1H3,(H2,3,4). The zero-order chi connectivity index (χ0) is 7.86. The van der Waals surface area contributed by atoms with Gasteiger partial charge in [-0.1, -0.05) is 12.2 Å². The van der Waals surface area contributed by atoms with E-state index < -0.39 is 6.09 Å². The van der Waals surface area contributed by atoms with Crippen molar-refractivity contribution in [2.45, 2.75) is 6.92 Å². The average molecular weight is 150 g/mol. The van der Waals surface area contributed by atoms with Crippen LogP contribution in [-0.2, 0) is 0 Å². The minimum atomic E-state index is -0.995. The quantitative estimate of drug-likeness (QED) is 0.430. The number of thiocarbonyl (C=S) groups is 1. The first kappa shape index (κ1) is 11.0. The van der Waals surface area contributed by atoms with Gasteiger partial charge in [-0.25, -0.2) is 4.79 Å². The largest absolute Gasteiger partial charge is 0.465 e. The van der Waals surface area contributed by atoms with Crippen LogP contribution in [0.25, 0.3) is 0 Å². The van der Waals surface area contributed by atoms with Crippen molar-refractivity contribution in [1.29, 1.82) is 0 Å². The summed E-state index contributed by atoms with van der Waals surface area (Å²) in [5.41, 5.74) is 4.84. The van der Waals surface area contributed by atoms with Crippen molar-refractivity contribution < 1.29 is 9.90 Å². The van der Waals surface area contributed by atoms with Crippen molar-refractivity contribution in [3.8, 4) is 0 Å². The molecule has 1 amide bonds. The van der Waals surface area contributed by atoms with E-state index in [1.54, 1.807) is 6.92 Å². The van der Waals surface area contributed by atoms with Gasteiger partial charge in [-0.15, -0.1) is 0 Å². The van der Waals surface area contributed by atoms with Crippen LogP contribution in [-0.4, -0.2) is 23.2 Å². The highest BCUT2D eigenvalue weighted by atomic mass is 32.1. The second-order valence-electron chi connectivity index (χ2n) is 1.17. The lowest BCUT2D eigenvalue weighted by Crippen LogP contribution is -2.13. The molecule has 0 aromatic carbocycles. The van der Waals surface area contributed by atoms with Gasteiger partial charge in [0.2, 0.25) is 0 Å². The second kappa shape index (κ2) is 7.16. The lowest BCUT2D eigenvalue weighted by molar-refractivity contribution is 0.197. The Bertz CT molecular complexity index is 101. The maximum atomic E-state index is 9.26. The molecule has 0 aliphatic rings. The van der Waals surface area contributed by atoms with Crippen LogP contribution in [0.15, 0.2) is 0 Å². The van der Waals surface area contributed by atoms with Gasteiger partial charge >= 0.3 is 6.09 Å². The molecule has 0 radical (unpaired) electrons. The van der Waals surface area contributed by atoms with Crippen LogP contribution in [0.2, 0.25) is 0 Å². The number of carbonyl (C=O) groups is 1. The van der Waals surface area contributed by atoms with E-state index in [2.05, 4.69) is 12.2 Å². The number of nitrogens with two attached hydrogens (primary N) is 1. The summed E-state index contributed by atoms with van der Waals surface area (Å²) in [4.78, 5) is 9.76. The van der Waals surface area contributed by atoms with Gasteiger partial charge in [0.15, 0.2) is 0 Å². The fourth-order valence-corrected chi connectivity index (χ4v) is 0. The van der Waals surface area contributed by atoms with E-state index in [0.717, 1.165) is 0 Å². The minimum Gasteiger partial charge on any atom is -0.465 e. The van der Waals surface area contributed by atoms with Crippen LogP contribution >= 0.6 is 12.2 Å². The highest BCUT2D eigenvalue weighted by Crippen LogP contribution is 1.48. The Balaban J connectivity index is 0. The number of rotatable bonds is 0. The molecule has 0 atom stereocenters. The second-order valence-corrected chi connectivity index (χ2v) is 1.81. The normalized spacial score (nSPS) is 6.44. The lowest BCUT2D eigenvalue weighted by atomic mass is 10.8. The van der Waals surface area contributed by atoms with Gasteiger partial charge in [0.1, 0.15) is 0 Å². The molecule has 54 valence electrons. The molecule has 0 bridgehead atoms. The Labute approximate surface area is 59.0 Å². The topological polar surface area (TPSA) is 75.3 Å². The molecule has 0 aromatic rings. The molecule has 9 heavy (non-hydrogen) atoms. The summed E-state index contributed by atoms with van der Waals surface area (Å²) in [5, 5.41) is 9.56. The molecule has 0 rings (SSSR count). The predicted molar refractivity (Wildman–Crippen MR) is 39.5 cm³/mol. The van der Waals surface area contributed by atoms with Gasteiger partial charge in [0.25, 0.3) is 0 Å². The molecular weight excluding hydrogens is 140 g/mol. The fourth-order valence-electron chi connectivity index (χ4n) is 0. The van der Waals surface area contributed by atoms with E-state index in [-0.39, 0.29) is 0 Å². The number of nitrogens with one attached hydrogen (secondary N) is 1. The summed E-state index contributed by atoms with van der Waals surface area (Å²) in [6.45, 7) is 1.68. The third kappa shape index (κ3) is 142. The van der Waals surface area contributed by atoms with Crippen LogP contribution in [0.4, 0.5) is 4.79 Å². The summed E-state index contributed by atoms with van der Waals surface area (Å²) in [6.07, 6.45) is -0.995. The van der Waals surface area contributed by atoms with Crippen LogP contribution in [0.1, 0.15) is 6.92 Å². The number of carboxylic acid groups (broad SMARTS) is 1. The average Bonchev–Trinajstić information content (AvgIpc) is 1.65. The molecule has 5 heteroatoms. The highest BCUT2D eigenvalue weighted by Gasteiger charge is 1.76. The number of hydrogen-bond donors (Lipinski definition) is 3. The number of amides is 1. The molecule has 4 N–H and O–H groups in total. The smallest absolute Gasteiger partial charge is 0.404 e. The molecule has 0 aliphatic heterocycles. The highest BCUT2D eigenvalue weighted by molar-refractivity contribution is 7.80. The summed E-state index contributed by atoms with van der Waals surface area (Å²) in [6, 6.07) is 0. The van der Waals surface area contributed by atoms with E-state index >= 15 is 0 Å². The van der Waals surface area contributed by atoms with Crippen LogP contribution in [0, 0.1) is 0 Å². The van der Waals surface area contributed by atoms with Gasteiger partial charge in [-0.05, 0) is 6.92 Å². The SMILES string of the molecule is CC(N)=S.CNC(=O)O. The van der Waals surface area contributed by atoms with Gasteiger partial charge < -0.3 is 16.2 Å². The van der Waals surface area contributed by atoms with Crippen molar-refractivity contribution in [3.05, 3.63) is 0 Å². The summed E-state index contributed by atoms with van der Waals surface area (Å²) < 4.78 is 0. The van der Waals surface area contributed by atoms with Crippen molar-refractivity contribution in [2.24, 2.45) is 5.73 Å². The van der Waals surface area contributed by atoms with Crippen LogP contribution < -0.4 is 11.1 Å². The molecular formula is C4H10N2O2S. The maximum absolute atomic E-state index is 9.26. The van der Waals surface area contributed by atoms with Gasteiger partial charge in [-0.3, -0.25) is 0 Å². The molecule has 4 nitrogen and oxygen atoms in total. The van der Waals surface area contributed by atoms with Crippen molar-refractivity contribution in [3.63, 3.8) is 0 Å². The van der Waals surface area contributed by atoms with E-state index in [0.29, 0.717) is 4.99 Å². The zero-order valence-corrected chi connectivity index (χ0v) is 6.16. The minimum absolute atomic E-state index is 0.500. The molecule has 0 heterocycles. The third-order valence-electron chi connectivity index (χ3n) is 0.214. The fraction of sp³-hybridized carbons (Fsp3) is 0.500.